The molecule has 0 fully saturated rings. The van der Waals surface area contributed by atoms with Crippen LogP contribution in [0.15, 0.2) is 30.3 Å². The van der Waals surface area contributed by atoms with Gasteiger partial charge in [0.2, 0.25) is 0 Å². The van der Waals surface area contributed by atoms with Gasteiger partial charge in [-0.25, -0.2) is 4.79 Å². The number of rotatable bonds is 12. The first kappa shape index (κ1) is 18.5. The molecule has 124 valence electrons. The van der Waals surface area contributed by atoms with Crippen LogP contribution in [-0.4, -0.2) is 12.6 Å². The van der Waals surface area contributed by atoms with Crippen molar-refractivity contribution in [2.45, 2.75) is 71.1 Å². The van der Waals surface area contributed by atoms with Crippen LogP contribution < -0.4 is 10.6 Å². The summed E-state index contributed by atoms with van der Waals surface area (Å²) in [5, 5.41) is 0. The third-order valence-electron chi connectivity index (χ3n) is 4.07. The predicted molar refractivity (Wildman–Crippen MR) is 95.2 cm³/mol. The van der Waals surface area contributed by atoms with Gasteiger partial charge in [0.25, 0.3) is 0 Å². The minimum atomic E-state index is -0.359. The maximum absolute atomic E-state index is 11.5. The lowest BCUT2D eigenvalue weighted by molar-refractivity contribution is 0.253. The second-order valence-electron chi connectivity index (χ2n) is 6.01. The molecular formula is C19H32N2O. The van der Waals surface area contributed by atoms with Crippen molar-refractivity contribution in [2.75, 3.05) is 11.4 Å². The van der Waals surface area contributed by atoms with Crippen molar-refractivity contribution in [3.05, 3.63) is 30.3 Å². The van der Waals surface area contributed by atoms with E-state index in [9.17, 15) is 4.79 Å². The monoisotopic (exact) mass is 304 g/mol. The average Bonchev–Trinajstić information content (AvgIpc) is 2.53. The van der Waals surface area contributed by atoms with Gasteiger partial charge in [0.05, 0.1) is 0 Å². The third-order valence-corrected chi connectivity index (χ3v) is 4.07. The molecule has 0 aliphatic rings. The fourth-order valence-electron chi connectivity index (χ4n) is 2.73. The summed E-state index contributed by atoms with van der Waals surface area (Å²) in [7, 11) is 0. The Balaban J connectivity index is 2.08. The summed E-state index contributed by atoms with van der Waals surface area (Å²) in [5.74, 6) is 0. The Morgan fingerprint density at radius 3 is 1.86 bits per heavy atom. The van der Waals surface area contributed by atoms with Gasteiger partial charge in [-0.3, -0.25) is 4.90 Å². The second-order valence-corrected chi connectivity index (χ2v) is 6.01. The quantitative estimate of drug-likeness (QED) is 0.510. The molecule has 0 radical (unpaired) electrons. The van der Waals surface area contributed by atoms with Gasteiger partial charge in [0.1, 0.15) is 0 Å². The minimum Gasteiger partial charge on any atom is -0.351 e. The molecule has 1 rings (SSSR count). The van der Waals surface area contributed by atoms with Gasteiger partial charge in [-0.15, -0.1) is 0 Å². The molecule has 0 saturated heterocycles. The van der Waals surface area contributed by atoms with E-state index in [0.29, 0.717) is 0 Å². The lowest BCUT2D eigenvalue weighted by Gasteiger charge is -2.20. The molecule has 3 heteroatoms. The molecular weight excluding hydrogens is 272 g/mol. The number of nitrogens with zero attached hydrogens (tertiary/aromatic N) is 1. The highest BCUT2D eigenvalue weighted by Gasteiger charge is 2.10. The van der Waals surface area contributed by atoms with Crippen molar-refractivity contribution in [3.63, 3.8) is 0 Å². The van der Waals surface area contributed by atoms with E-state index in [1.807, 2.05) is 30.3 Å². The molecule has 0 atom stereocenters. The second kappa shape index (κ2) is 12.1. The highest BCUT2D eigenvalue weighted by Crippen LogP contribution is 2.15. The van der Waals surface area contributed by atoms with E-state index >= 15 is 0 Å². The summed E-state index contributed by atoms with van der Waals surface area (Å²) in [4.78, 5) is 13.2. The van der Waals surface area contributed by atoms with Crippen LogP contribution in [0, 0.1) is 0 Å². The number of unbranched alkanes of at least 4 members (excludes halogenated alkanes) is 9. The number of nitrogens with two attached hydrogens (primary N) is 1. The Kier molecular flexibility index (Phi) is 10.2. The van der Waals surface area contributed by atoms with Gasteiger partial charge in [-0.1, -0.05) is 82.9 Å². The van der Waals surface area contributed by atoms with Crippen LogP contribution in [0.2, 0.25) is 0 Å². The normalized spacial score (nSPS) is 10.6. The first-order valence-corrected chi connectivity index (χ1v) is 8.87. The van der Waals surface area contributed by atoms with Crippen molar-refractivity contribution in [3.8, 4) is 0 Å². The van der Waals surface area contributed by atoms with Crippen LogP contribution in [0.25, 0.3) is 0 Å². The van der Waals surface area contributed by atoms with Crippen LogP contribution in [0.1, 0.15) is 71.1 Å². The molecule has 0 spiro atoms. The van der Waals surface area contributed by atoms with E-state index in [0.717, 1.165) is 18.7 Å². The maximum atomic E-state index is 11.5. The van der Waals surface area contributed by atoms with Crippen LogP contribution in [0.4, 0.5) is 10.5 Å². The SMILES string of the molecule is CCCCCCCCCCCCN(C(N)=O)c1ccccc1. The number of hydrogen-bond donors (Lipinski definition) is 1. The average molecular weight is 304 g/mol. The molecule has 1 aromatic carbocycles. The molecule has 0 aliphatic heterocycles. The molecule has 0 aromatic heterocycles. The Morgan fingerprint density at radius 2 is 1.36 bits per heavy atom. The lowest BCUT2D eigenvalue weighted by atomic mass is 10.1. The summed E-state index contributed by atoms with van der Waals surface area (Å²) >= 11 is 0. The summed E-state index contributed by atoms with van der Waals surface area (Å²) in [6.45, 7) is 2.97. The van der Waals surface area contributed by atoms with Crippen LogP contribution in [0.5, 0.6) is 0 Å². The highest BCUT2D eigenvalue weighted by molar-refractivity contribution is 5.90. The van der Waals surface area contributed by atoms with Crippen molar-refractivity contribution in [1.29, 1.82) is 0 Å². The zero-order chi connectivity index (χ0) is 16.0. The highest BCUT2D eigenvalue weighted by atomic mass is 16.2. The molecule has 22 heavy (non-hydrogen) atoms. The summed E-state index contributed by atoms with van der Waals surface area (Å²) in [6.07, 6.45) is 13.0. The minimum absolute atomic E-state index is 0.359. The molecule has 0 unspecified atom stereocenters. The predicted octanol–water partition coefficient (Wildman–Crippen LogP) is 5.49. The number of benzene rings is 1. The zero-order valence-corrected chi connectivity index (χ0v) is 14.1. The van der Waals surface area contributed by atoms with Gasteiger partial charge >= 0.3 is 6.03 Å². The molecule has 0 bridgehead atoms. The van der Waals surface area contributed by atoms with Crippen molar-refractivity contribution >= 4 is 11.7 Å². The molecule has 2 amide bonds. The lowest BCUT2D eigenvalue weighted by Crippen LogP contribution is -2.36. The molecule has 1 aromatic rings. The molecule has 0 saturated carbocycles. The number of para-hydroxylation sites is 1. The van der Waals surface area contributed by atoms with E-state index in [1.165, 1.54) is 57.8 Å². The standard InChI is InChI=1S/C19H32N2O/c1-2-3-4-5-6-7-8-9-10-14-17-21(19(20)22)18-15-12-11-13-16-18/h11-13,15-16H,2-10,14,17H2,1H3,(H2,20,22). The molecule has 0 aliphatic carbocycles. The first-order valence-electron chi connectivity index (χ1n) is 8.87. The zero-order valence-electron chi connectivity index (χ0n) is 14.1. The largest absolute Gasteiger partial charge is 0.351 e. The van der Waals surface area contributed by atoms with Gasteiger partial charge < -0.3 is 5.73 Å². The molecule has 2 N–H and O–H groups in total. The number of primary amides is 1. The fraction of sp³-hybridized carbons (Fsp3) is 0.632. The number of carbonyl (C=O) groups is 1. The number of anilines is 1. The van der Waals surface area contributed by atoms with Gasteiger partial charge in [0, 0.05) is 12.2 Å². The Bertz CT molecular complexity index is 392. The van der Waals surface area contributed by atoms with Crippen LogP contribution in [0.3, 0.4) is 0 Å². The number of carbonyl (C=O) groups excluding carboxylic acids is 1. The smallest absolute Gasteiger partial charge is 0.319 e. The number of urea groups is 1. The first-order chi connectivity index (χ1) is 10.8. The van der Waals surface area contributed by atoms with Crippen molar-refractivity contribution in [1.82, 2.24) is 0 Å². The van der Waals surface area contributed by atoms with Gasteiger partial charge in [-0.05, 0) is 18.6 Å². The third kappa shape index (κ3) is 8.06. The topological polar surface area (TPSA) is 46.3 Å². The molecule has 0 heterocycles. The fourth-order valence-corrected chi connectivity index (χ4v) is 2.73. The summed E-state index contributed by atoms with van der Waals surface area (Å²) < 4.78 is 0. The number of amides is 2. The Labute approximate surface area is 135 Å². The molecule has 3 nitrogen and oxygen atoms in total. The van der Waals surface area contributed by atoms with E-state index in [2.05, 4.69) is 6.92 Å². The summed E-state index contributed by atoms with van der Waals surface area (Å²) in [5.41, 5.74) is 6.37. The van der Waals surface area contributed by atoms with Crippen LogP contribution >= 0.6 is 0 Å². The van der Waals surface area contributed by atoms with Crippen LogP contribution in [-0.2, 0) is 0 Å². The van der Waals surface area contributed by atoms with E-state index in [-0.39, 0.29) is 6.03 Å². The van der Waals surface area contributed by atoms with Gasteiger partial charge in [0.15, 0.2) is 0 Å². The van der Waals surface area contributed by atoms with Crippen molar-refractivity contribution < 1.29 is 4.79 Å². The van der Waals surface area contributed by atoms with E-state index < -0.39 is 0 Å². The summed E-state index contributed by atoms with van der Waals surface area (Å²) in [6, 6.07) is 9.32. The Hall–Kier alpha value is -1.51. The number of hydrogen-bond acceptors (Lipinski definition) is 1. The maximum Gasteiger partial charge on any atom is 0.319 e. The van der Waals surface area contributed by atoms with E-state index in [4.69, 9.17) is 5.73 Å². The Morgan fingerprint density at radius 1 is 0.864 bits per heavy atom. The van der Waals surface area contributed by atoms with E-state index in [1.54, 1.807) is 4.90 Å². The van der Waals surface area contributed by atoms with Gasteiger partial charge in [-0.2, -0.15) is 0 Å². The van der Waals surface area contributed by atoms with Crippen molar-refractivity contribution in [2.24, 2.45) is 5.73 Å².